The van der Waals surface area contributed by atoms with Crippen LogP contribution in [-0.2, 0) is 11.3 Å². The molecule has 3 rings (SSSR count). The summed E-state index contributed by atoms with van der Waals surface area (Å²) in [6.07, 6.45) is 0. The number of thioether (sulfide) groups is 1. The van der Waals surface area contributed by atoms with E-state index < -0.39 is 0 Å². The van der Waals surface area contributed by atoms with E-state index in [1.54, 1.807) is 11.3 Å². The topological polar surface area (TPSA) is 59.8 Å². The predicted molar refractivity (Wildman–Crippen MR) is 103 cm³/mol. The zero-order valence-corrected chi connectivity index (χ0v) is 15.8. The fourth-order valence-corrected chi connectivity index (χ4v) is 4.05. The van der Waals surface area contributed by atoms with Gasteiger partial charge in [0, 0.05) is 17.0 Å². The molecule has 1 amide bonds. The molecule has 0 saturated carbocycles. The lowest BCUT2D eigenvalue weighted by molar-refractivity contribution is -0.119. The van der Waals surface area contributed by atoms with E-state index in [1.807, 2.05) is 59.3 Å². The van der Waals surface area contributed by atoms with Gasteiger partial charge in [0.25, 0.3) is 0 Å². The highest BCUT2D eigenvalue weighted by molar-refractivity contribution is 7.99. The molecule has 0 bridgehead atoms. The Morgan fingerprint density at radius 2 is 2.04 bits per heavy atom. The Balaban J connectivity index is 1.63. The molecule has 0 aliphatic heterocycles. The van der Waals surface area contributed by atoms with Gasteiger partial charge in [0.2, 0.25) is 5.91 Å². The van der Waals surface area contributed by atoms with Crippen molar-refractivity contribution in [3.63, 3.8) is 0 Å². The van der Waals surface area contributed by atoms with E-state index in [0.29, 0.717) is 5.75 Å². The van der Waals surface area contributed by atoms with Gasteiger partial charge in [-0.3, -0.25) is 4.79 Å². The van der Waals surface area contributed by atoms with Gasteiger partial charge in [-0.05, 0) is 25.3 Å². The van der Waals surface area contributed by atoms with Crippen LogP contribution < -0.4 is 5.32 Å². The summed E-state index contributed by atoms with van der Waals surface area (Å²) >= 11 is 3.06. The summed E-state index contributed by atoms with van der Waals surface area (Å²) in [5.74, 6) is 1.15. The van der Waals surface area contributed by atoms with Gasteiger partial charge in [0.05, 0.1) is 11.8 Å². The molecule has 2 heterocycles. The fourth-order valence-electron chi connectivity index (χ4n) is 2.50. The van der Waals surface area contributed by atoms with E-state index in [2.05, 4.69) is 22.4 Å². The molecule has 0 saturated heterocycles. The van der Waals surface area contributed by atoms with Crippen molar-refractivity contribution in [1.82, 2.24) is 20.1 Å². The highest BCUT2D eigenvalue weighted by atomic mass is 32.2. The maximum Gasteiger partial charge on any atom is 0.230 e. The van der Waals surface area contributed by atoms with Crippen molar-refractivity contribution in [1.29, 1.82) is 0 Å². The molecular formula is C18H20N4OS2. The van der Waals surface area contributed by atoms with Crippen molar-refractivity contribution in [3.05, 3.63) is 52.7 Å². The van der Waals surface area contributed by atoms with Gasteiger partial charge in [-0.25, -0.2) is 0 Å². The first-order valence-corrected chi connectivity index (χ1v) is 9.99. The average Bonchev–Trinajstić information content (AvgIpc) is 3.30. The molecule has 0 unspecified atom stereocenters. The maximum atomic E-state index is 12.2. The number of nitrogens with one attached hydrogen (secondary N) is 1. The van der Waals surface area contributed by atoms with Crippen LogP contribution in [0.5, 0.6) is 0 Å². The average molecular weight is 373 g/mol. The minimum atomic E-state index is -0.00202. The van der Waals surface area contributed by atoms with Gasteiger partial charge in [0.15, 0.2) is 11.0 Å². The van der Waals surface area contributed by atoms with Crippen LogP contribution >= 0.6 is 23.1 Å². The molecule has 0 spiro atoms. The van der Waals surface area contributed by atoms with Crippen LogP contribution in [0.15, 0.2) is 53.0 Å². The Bertz CT molecular complexity index is 815. The molecule has 25 heavy (non-hydrogen) atoms. The smallest absolute Gasteiger partial charge is 0.230 e. The van der Waals surface area contributed by atoms with E-state index in [1.165, 1.54) is 11.8 Å². The third-order valence-electron chi connectivity index (χ3n) is 3.74. The SMILES string of the molecule is CCn1c(SCC(=O)N[C@@H](C)c2cccs2)nnc1-c1ccccc1. The van der Waals surface area contributed by atoms with E-state index in [9.17, 15) is 4.79 Å². The van der Waals surface area contributed by atoms with Crippen molar-refractivity contribution in [2.24, 2.45) is 0 Å². The second kappa shape index (κ2) is 8.31. The summed E-state index contributed by atoms with van der Waals surface area (Å²) in [7, 11) is 0. The lowest BCUT2D eigenvalue weighted by atomic mass is 10.2. The molecule has 7 heteroatoms. The van der Waals surface area contributed by atoms with Gasteiger partial charge in [-0.2, -0.15) is 0 Å². The molecule has 0 aliphatic rings. The van der Waals surface area contributed by atoms with Crippen molar-refractivity contribution in [2.75, 3.05) is 5.75 Å². The van der Waals surface area contributed by atoms with Crippen molar-refractivity contribution >= 4 is 29.0 Å². The number of carbonyl (C=O) groups excluding carboxylic acids is 1. The second-order valence-corrected chi connectivity index (χ2v) is 7.43. The largest absolute Gasteiger partial charge is 0.348 e. The Kier molecular flexibility index (Phi) is 5.88. The predicted octanol–water partition coefficient (Wildman–Crippen LogP) is 4.00. The normalized spacial score (nSPS) is 12.1. The molecule has 1 aromatic carbocycles. The lowest BCUT2D eigenvalue weighted by Gasteiger charge is -2.12. The standard InChI is InChI=1S/C18H20N4OS2/c1-3-22-17(14-8-5-4-6-9-14)20-21-18(22)25-12-16(23)19-13(2)15-10-7-11-24-15/h4-11,13H,3,12H2,1-2H3,(H,19,23)/t13-/m0/s1. The summed E-state index contributed by atoms with van der Waals surface area (Å²) in [4.78, 5) is 13.4. The summed E-state index contributed by atoms with van der Waals surface area (Å²) in [5.41, 5.74) is 1.03. The summed E-state index contributed by atoms with van der Waals surface area (Å²) in [5, 5.41) is 14.4. The zero-order chi connectivity index (χ0) is 17.6. The van der Waals surface area contributed by atoms with Crippen LogP contribution in [-0.4, -0.2) is 26.4 Å². The Morgan fingerprint density at radius 3 is 2.72 bits per heavy atom. The lowest BCUT2D eigenvalue weighted by Crippen LogP contribution is -2.27. The van der Waals surface area contributed by atoms with E-state index in [4.69, 9.17) is 0 Å². The number of hydrogen-bond acceptors (Lipinski definition) is 5. The van der Waals surface area contributed by atoms with Crippen LogP contribution in [0.3, 0.4) is 0 Å². The minimum absolute atomic E-state index is 0.00202. The zero-order valence-electron chi connectivity index (χ0n) is 14.2. The second-order valence-electron chi connectivity index (χ2n) is 5.51. The van der Waals surface area contributed by atoms with Gasteiger partial charge < -0.3 is 9.88 Å². The highest BCUT2D eigenvalue weighted by Crippen LogP contribution is 2.24. The number of nitrogens with zero attached hydrogens (tertiary/aromatic N) is 3. The number of carbonyl (C=O) groups is 1. The monoisotopic (exact) mass is 372 g/mol. The highest BCUT2D eigenvalue weighted by Gasteiger charge is 2.15. The number of amides is 1. The first-order valence-electron chi connectivity index (χ1n) is 8.13. The Labute approximate surface area is 155 Å². The van der Waals surface area contributed by atoms with Crippen LogP contribution in [0.1, 0.15) is 24.8 Å². The van der Waals surface area contributed by atoms with Crippen molar-refractivity contribution in [3.8, 4) is 11.4 Å². The summed E-state index contributed by atoms with van der Waals surface area (Å²) in [6.45, 7) is 4.81. The minimum Gasteiger partial charge on any atom is -0.348 e. The number of aromatic nitrogens is 3. The summed E-state index contributed by atoms with van der Waals surface area (Å²) in [6, 6.07) is 14.0. The quantitative estimate of drug-likeness (QED) is 0.637. The third kappa shape index (κ3) is 4.29. The molecular weight excluding hydrogens is 352 g/mol. The Hall–Kier alpha value is -2.12. The van der Waals surface area contributed by atoms with Crippen LogP contribution in [0, 0.1) is 0 Å². The first-order chi connectivity index (χ1) is 12.2. The molecule has 0 aliphatic carbocycles. The number of thiophene rings is 1. The number of benzene rings is 1. The molecule has 1 N–H and O–H groups in total. The number of hydrogen-bond donors (Lipinski definition) is 1. The molecule has 5 nitrogen and oxygen atoms in total. The first kappa shape index (κ1) is 17.7. The molecule has 130 valence electrons. The van der Waals surface area contributed by atoms with Gasteiger partial charge in [-0.15, -0.1) is 21.5 Å². The molecule has 0 radical (unpaired) electrons. The molecule has 3 aromatic rings. The summed E-state index contributed by atoms with van der Waals surface area (Å²) < 4.78 is 2.04. The molecule has 0 fully saturated rings. The van der Waals surface area contributed by atoms with Gasteiger partial charge in [0.1, 0.15) is 0 Å². The fraction of sp³-hybridized carbons (Fsp3) is 0.278. The number of rotatable bonds is 7. The van der Waals surface area contributed by atoms with Crippen LogP contribution in [0.4, 0.5) is 0 Å². The van der Waals surface area contributed by atoms with E-state index in [-0.39, 0.29) is 11.9 Å². The van der Waals surface area contributed by atoms with E-state index in [0.717, 1.165) is 28.0 Å². The van der Waals surface area contributed by atoms with Crippen molar-refractivity contribution < 1.29 is 4.79 Å². The molecule has 1 atom stereocenters. The van der Waals surface area contributed by atoms with Crippen LogP contribution in [0.25, 0.3) is 11.4 Å². The van der Waals surface area contributed by atoms with Gasteiger partial charge in [-0.1, -0.05) is 48.2 Å². The maximum absolute atomic E-state index is 12.2. The third-order valence-corrected chi connectivity index (χ3v) is 5.77. The van der Waals surface area contributed by atoms with Crippen molar-refractivity contribution in [2.45, 2.75) is 31.6 Å². The Morgan fingerprint density at radius 1 is 1.24 bits per heavy atom. The van der Waals surface area contributed by atoms with E-state index >= 15 is 0 Å². The van der Waals surface area contributed by atoms with Crippen LogP contribution in [0.2, 0.25) is 0 Å². The molecule has 2 aromatic heterocycles. The van der Waals surface area contributed by atoms with Gasteiger partial charge >= 0.3 is 0 Å².